The molecule has 0 aliphatic carbocycles. The van der Waals surface area contributed by atoms with Gasteiger partial charge in [0.05, 0.1) is 0 Å². The van der Waals surface area contributed by atoms with Gasteiger partial charge in [-0.3, -0.25) is 0 Å². The van der Waals surface area contributed by atoms with Gasteiger partial charge in [0.2, 0.25) is 0 Å². The molecule has 2 atom stereocenters. The normalized spacial score (nSPS) is 27.8. The van der Waals surface area contributed by atoms with Crippen LogP contribution in [0.25, 0.3) is 0 Å². The Morgan fingerprint density at radius 2 is 1.91 bits per heavy atom. The SMILES string of the molecule is CC1c2ccccc2N[C@@H]1C. The first-order chi connectivity index (χ1) is 5.29. The largest absolute Gasteiger partial charge is 0.382 e. The van der Waals surface area contributed by atoms with Crippen LogP contribution in [0.15, 0.2) is 24.3 Å². The molecule has 1 aliphatic heterocycles. The standard InChI is InChI=1S/C10H13N/c1-7-8(2)11-10-6-4-3-5-9(7)10/h3-8,11H,1-2H3/t7?,8-/m1/s1. The molecule has 0 saturated heterocycles. The van der Waals surface area contributed by atoms with Gasteiger partial charge in [0.25, 0.3) is 0 Å². The summed E-state index contributed by atoms with van der Waals surface area (Å²) in [5, 5.41) is 3.45. The minimum Gasteiger partial charge on any atom is -0.382 e. The van der Waals surface area contributed by atoms with E-state index in [4.69, 9.17) is 0 Å². The highest BCUT2D eigenvalue weighted by Gasteiger charge is 2.23. The number of hydrogen-bond donors (Lipinski definition) is 1. The fourth-order valence-corrected chi connectivity index (χ4v) is 1.67. The molecule has 0 spiro atoms. The zero-order chi connectivity index (χ0) is 7.84. The van der Waals surface area contributed by atoms with E-state index in [1.807, 2.05) is 0 Å². The summed E-state index contributed by atoms with van der Waals surface area (Å²) in [6, 6.07) is 9.13. The Bertz CT molecular complexity index is 267. The lowest BCUT2D eigenvalue weighted by Gasteiger charge is -2.08. The van der Waals surface area contributed by atoms with Crippen molar-refractivity contribution in [2.45, 2.75) is 25.8 Å². The molecule has 1 N–H and O–H groups in total. The summed E-state index contributed by atoms with van der Waals surface area (Å²) in [5.74, 6) is 0.659. The molecule has 0 fully saturated rings. The summed E-state index contributed by atoms with van der Waals surface area (Å²) in [6.45, 7) is 4.49. The molecule has 1 aromatic carbocycles. The lowest BCUT2D eigenvalue weighted by Crippen LogP contribution is -2.12. The molecule has 58 valence electrons. The van der Waals surface area contributed by atoms with E-state index in [0.717, 1.165) is 0 Å². The number of rotatable bonds is 0. The van der Waals surface area contributed by atoms with Crippen LogP contribution in [0.3, 0.4) is 0 Å². The molecule has 1 nitrogen and oxygen atoms in total. The van der Waals surface area contributed by atoms with Gasteiger partial charge in [-0.15, -0.1) is 0 Å². The molecule has 1 aromatic rings. The van der Waals surface area contributed by atoms with E-state index in [9.17, 15) is 0 Å². The van der Waals surface area contributed by atoms with Gasteiger partial charge < -0.3 is 5.32 Å². The molecule has 1 heterocycles. The van der Waals surface area contributed by atoms with Crippen molar-refractivity contribution in [2.75, 3.05) is 5.32 Å². The molecule has 1 unspecified atom stereocenters. The second kappa shape index (κ2) is 2.26. The van der Waals surface area contributed by atoms with Crippen LogP contribution in [0.1, 0.15) is 25.3 Å². The highest BCUT2D eigenvalue weighted by Crippen LogP contribution is 2.34. The van der Waals surface area contributed by atoms with Crippen molar-refractivity contribution in [3.05, 3.63) is 29.8 Å². The number of para-hydroxylation sites is 1. The average molecular weight is 147 g/mol. The molecule has 2 rings (SSSR count). The van der Waals surface area contributed by atoms with E-state index in [0.29, 0.717) is 12.0 Å². The van der Waals surface area contributed by atoms with Gasteiger partial charge in [-0.2, -0.15) is 0 Å². The number of hydrogen-bond acceptors (Lipinski definition) is 1. The molecule has 0 saturated carbocycles. The highest BCUT2D eigenvalue weighted by atomic mass is 15.0. The van der Waals surface area contributed by atoms with Crippen LogP contribution < -0.4 is 5.32 Å². The Morgan fingerprint density at radius 3 is 2.64 bits per heavy atom. The van der Waals surface area contributed by atoms with Crippen molar-refractivity contribution in [2.24, 2.45) is 0 Å². The molecule has 0 aromatic heterocycles. The van der Waals surface area contributed by atoms with E-state index in [1.165, 1.54) is 11.3 Å². The van der Waals surface area contributed by atoms with Crippen molar-refractivity contribution < 1.29 is 0 Å². The third kappa shape index (κ3) is 0.917. The molecule has 1 aliphatic rings. The first-order valence-corrected chi connectivity index (χ1v) is 4.14. The molecule has 0 radical (unpaired) electrons. The van der Waals surface area contributed by atoms with Crippen LogP contribution in [0.5, 0.6) is 0 Å². The van der Waals surface area contributed by atoms with Gasteiger partial charge in [-0.1, -0.05) is 25.1 Å². The van der Waals surface area contributed by atoms with Crippen LogP contribution in [0.4, 0.5) is 5.69 Å². The quantitative estimate of drug-likeness (QED) is 0.594. The Morgan fingerprint density at radius 1 is 1.18 bits per heavy atom. The van der Waals surface area contributed by atoms with E-state index in [2.05, 4.69) is 43.4 Å². The Labute approximate surface area is 67.4 Å². The van der Waals surface area contributed by atoms with Gasteiger partial charge in [0, 0.05) is 17.6 Å². The fourth-order valence-electron chi connectivity index (χ4n) is 1.67. The third-order valence-electron chi connectivity index (χ3n) is 2.58. The highest BCUT2D eigenvalue weighted by molar-refractivity contribution is 5.58. The van der Waals surface area contributed by atoms with Crippen molar-refractivity contribution in [1.29, 1.82) is 0 Å². The zero-order valence-corrected chi connectivity index (χ0v) is 6.96. The fraction of sp³-hybridized carbons (Fsp3) is 0.400. The summed E-state index contributed by atoms with van der Waals surface area (Å²) in [5.41, 5.74) is 2.77. The smallest absolute Gasteiger partial charge is 0.0378 e. The van der Waals surface area contributed by atoms with Crippen LogP contribution in [-0.4, -0.2) is 6.04 Å². The number of nitrogens with one attached hydrogen (secondary N) is 1. The monoisotopic (exact) mass is 147 g/mol. The minimum absolute atomic E-state index is 0.590. The summed E-state index contributed by atoms with van der Waals surface area (Å²) in [6.07, 6.45) is 0. The Kier molecular flexibility index (Phi) is 1.38. The van der Waals surface area contributed by atoms with Gasteiger partial charge in [0.1, 0.15) is 0 Å². The van der Waals surface area contributed by atoms with Gasteiger partial charge >= 0.3 is 0 Å². The molecule has 0 amide bonds. The maximum atomic E-state index is 3.45. The van der Waals surface area contributed by atoms with Crippen LogP contribution in [-0.2, 0) is 0 Å². The van der Waals surface area contributed by atoms with Crippen molar-refractivity contribution in [1.82, 2.24) is 0 Å². The van der Waals surface area contributed by atoms with Gasteiger partial charge in [-0.25, -0.2) is 0 Å². The third-order valence-corrected chi connectivity index (χ3v) is 2.58. The van der Waals surface area contributed by atoms with E-state index in [-0.39, 0.29) is 0 Å². The molecular formula is C10H13N. The summed E-state index contributed by atoms with van der Waals surface area (Å²) in [4.78, 5) is 0. The second-order valence-corrected chi connectivity index (χ2v) is 3.31. The van der Waals surface area contributed by atoms with Crippen molar-refractivity contribution in [3.63, 3.8) is 0 Å². The average Bonchev–Trinajstić information content (AvgIpc) is 2.30. The number of fused-ring (bicyclic) bond motifs is 1. The first-order valence-electron chi connectivity index (χ1n) is 4.14. The molecular weight excluding hydrogens is 134 g/mol. The van der Waals surface area contributed by atoms with E-state index in [1.54, 1.807) is 0 Å². The summed E-state index contributed by atoms with van der Waals surface area (Å²) >= 11 is 0. The van der Waals surface area contributed by atoms with Gasteiger partial charge in [-0.05, 0) is 18.6 Å². The second-order valence-electron chi connectivity index (χ2n) is 3.31. The number of anilines is 1. The lowest BCUT2D eigenvalue weighted by atomic mass is 9.99. The maximum Gasteiger partial charge on any atom is 0.0378 e. The molecule has 1 heteroatoms. The first kappa shape index (κ1) is 6.71. The van der Waals surface area contributed by atoms with Crippen LogP contribution in [0.2, 0.25) is 0 Å². The predicted molar refractivity (Wildman–Crippen MR) is 47.9 cm³/mol. The lowest BCUT2D eigenvalue weighted by molar-refractivity contribution is 0.690. The van der Waals surface area contributed by atoms with E-state index < -0.39 is 0 Å². The van der Waals surface area contributed by atoms with Gasteiger partial charge in [0.15, 0.2) is 0 Å². The molecule has 0 bridgehead atoms. The Balaban J connectivity index is 2.47. The van der Waals surface area contributed by atoms with E-state index >= 15 is 0 Å². The molecule has 11 heavy (non-hydrogen) atoms. The summed E-state index contributed by atoms with van der Waals surface area (Å²) in [7, 11) is 0. The topological polar surface area (TPSA) is 12.0 Å². The van der Waals surface area contributed by atoms with Crippen molar-refractivity contribution in [3.8, 4) is 0 Å². The maximum absolute atomic E-state index is 3.45. The van der Waals surface area contributed by atoms with Crippen molar-refractivity contribution >= 4 is 5.69 Å². The predicted octanol–water partition coefficient (Wildman–Crippen LogP) is 2.60. The van der Waals surface area contributed by atoms with Crippen LogP contribution >= 0.6 is 0 Å². The minimum atomic E-state index is 0.590. The Hall–Kier alpha value is -0.980. The van der Waals surface area contributed by atoms with Crippen LogP contribution in [0, 0.1) is 0 Å². The summed E-state index contributed by atoms with van der Waals surface area (Å²) < 4.78 is 0. The number of benzene rings is 1. The zero-order valence-electron chi connectivity index (χ0n) is 6.96.